The van der Waals surface area contributed by atoms with Crippen LogP contribution in [0.5, 0.6) is 5.75 Å². The first-order chi connectivity index (χ1) is 7.54. The fourth-order valence-corrected chi connectivity index (χ4v) is 1.18. The number of benzene rings is 1. The van der Waals surface area contributed by atoms with Gasteiger partial charge in [-0.05, 0) is 25.1 Å². The van der Waals surface area contributed by atoms with E-state index in [2.05, 4.69) is 5.43 Å². The van der Waals surface area contributed by atoms with Crippen LogP contribution in [0.4, 0.5) is 4.39 Å². The molecule has 0 aliphatic carbocycles. The first-order valence-corrected chi connectivity index (χ1v) is 4.95. The van der Waals surface area contributed by atoms with Crippen LogP contribution in [-0.4, -0.2) is 31.6 Å². The highest BCUT2D eigenvalue weighted by molar-refractivity contribution is 5.93. The number of rotatable bonds is 4. The van der Waals surface area contributed by atoms with Crippen molar-refractivity contribution in [2.75, 3.05) is 20.7 Å². The summed E-state index contributed by atoms with van der Waals surface area (Å²) in [5, 5.41) is 1.50. The zero-order valence-corrected chi connectivity index (χ0v) is 9.58. The number of nitrogens with one attached hydrogen (secondary N) is 1. The highest BCUT2D eigenvalue weighted by Gasteiger charge is 2.10. The van der Waals surface area contributed by atoms with Gasteiger partial charge in [0.25, 0.3) is 5.91 Å². The lowest BCUT2D eigenvalue weighted by atomic mass is 10.2. The minimum absolute atomic E-state index is 0.156. The number of hydrogen-bond acceptors (Lipinski definition) is 3. The van der Waals surface area contributed by atoms with E-state index in [1.165, 1.54) is 17.1 Å². The molecular formula is C11H15FN2O2. The van der Waals surface area contributed by atoms with Crippen molar-refractivity contribution in [2.24, 2.45) is 0 Å². The van der Waals surface area contributed by atoms with E-state index in [1.54, 1.807) is 21.0 Å². The number of carbonyl (C=O) groups is 1. The van der Waals surface area contributed by atoms with Crippen molar-refractivity contribution in [3.8, 4) is 5.75 Å². The van der Waals surface area contributed by atoms with Crippen LogP contribution in [-0.2, 0) is 0 Å². The number of hydrazine groups is 1. The van der Waals surface area contributed by atoms with Crippen LogP contribution in [0.2, 0.25) is 0 Å². The second kappa shape index (κ2) is 5.46. The number of carbonyl (C=O) groups excluding carboxylic acids is 1. The second-order valence-corrected chi connectivity index (χ2v) is 3.41. The molecule has 0 spiro atoms. The third kappa shape index (κ3) is 3.20. The predicted octanol–water partition coefficient (Wildman–Crippen LogP) is 1.43. The van der Waals surface area contributed by atoms with Gasteiger partial charge in [0, 0.05) is 19.7 Å². The van der Waals surface area contributed by atoms with Crippen LogP contribution in [0.15, 0.2) is 18.2 Å². The number of amides is 1. The van der Waals surface area contributed by atoms with E-state index in [-0.39, 0.29) is 17.2 Å². The maximum Gasteiger partial charge on any atom is 0.265 e. The van der Waals surface area contributed by atoms with Crippen LogP contribution < -0.4 is 10.2 Å². The Morgan fingerprint density at radius 1 is 1.50 bits per heavy atom. The maximum atomic E-state index is 13.4. The molecule has 1 aromatic rings. The van der Waals surface area contributed by atoms with Gasteiger partial charge in [-0.1, -0.05) is 0 Å². The van der Waals surface area contributed by atoms with Crippen molar-refractivity contribution in [3.05, 3.63) is 29.6 Å². The van der Waals surface area contributed by atoms with Gasteiger partial charge in [-0.3, -0.25) is 10.2 Å². The molecule has 0 unspecified atom stereocenters. The maximum absolute atomic E-state index is 13.4. The normalized spacial score (nSPS) is 10.3. The van der Waals surface area contributed by atoms with Gasteiger partial charge in [0.15, 0.2) is 11.6 Å². The predicted molar refractivity (Wildman–Crippen MR) is 58.7 cm³/mol. The Kier molecular flexibility index (Phi) is 4.25. The summed E-state index contributed by atoms with van der Waals surface area (Å²) in [6.07, 6.45) is 0. The van der Waals surface area contributed by atoms with Crippen molar-refractivity contribution in [3.63, 3.8) is 0 Å². The lowest BCUT2D eigenvalue weighted by Crippen LogP contribution is -2.36. The Morgan fingerprint density at radius 2 is 2.19 bits per heavy atom. The molecule has 0 radical (unpaired) electrons. The van der Waals surface area contributed by atoms with Crippen LogP contribution in [0.3, 0.4) is 0 Å². The quantitative estimate of drug-likeness (QED) is 0.790. The van der Waals surface area contributed by atoms with Crippen molar-refractivity contribution in [1.82, 2.24) is 10.4 Å². The molecule has 4 nitrogen and oxygen atoms in total. The molecule has 0 atom stereocenters. The summed E-state index contributed by atoms with van der Waals surface area (Å²) in [5.74, 6) is -0.732. The van der Waals surface area contributed by atoms with Gasteiger partial charge in [-0.25, -0.2) is 9.40 Å². The van der Waals surface area contributed by atoms with Crippen LogP contribution in [0.25, 0.3) is 0 Å². The van der Waals surface area contributed by atoms with E-state index in [9.17, 15) is 9.18 Å². The Bertz CT molecular complexity index is 380. The summed E-state index contributed by atoms with van der Waals surface area (Å²) >= 11 is 0. The van der Waals surface area contributed by atoms with Crippen LogP contribution in [0.1, 0.15) is 17.3 Å². The molecule has 1 aromatic carbocycles. The van der Waals surface area contributed by atoms with Gasteiger partial charge in [0.1, 0.15) is 0 Å². The molecule has 1 N–H and O–H groups in total. The zero-order chi connectivity index (χ0) is 12.1. The molecule has 0 aliphatic heterocycles. The Morgan fingerprint density at radius 3 is 2.69 bits per heavy atom. The molecule has 5 heteroatoms. The standard InChI is InChI=1S/C11H15FN2O2/c1-4-16-10-6-5-8(7-9(10)12)11(15)13-14(2)3/h5-7H,4H2,1-3H3,(H,13,15). The molecule has 0 fully saturated rings. The summed E-state index contributed by atoms with van der Waals surface area (Å²) in [6, 6.07) is 4.13. The smallest absolute Gasteiger partial charge is 0.265 e. The largest absolute Gasteiger partial charge is 0.491 e. The highest BCUT2D eigenvalue weighted by Crippen LogP contribution is 2.18. The average molecular weight is 226 g/mol. The Balaban J connectivity index is 2.84. The first kappa shape index (κ1) is 12.4. The fourth-order valence-electron chi connectivity index (χ4n) is 1.18. The summed E-state index contributed by atoms with van der Waals surface area (Å²) in [6.45, 7) is 2.16. The van der Waals surface area contributed by atoms with Gasteiger partial charge < -0.3 is 4.74 Å². The molecular weight excluding hydrogens is 211 g/mol. The summed E-state index contributed by atoms with van der Waals surface area (Å²) < 4.78 is 18.5. The van der Waals surface area contributed by atoms with Crippen molar-refractivity contribution >= 4 is 5.91 Å². The van der Waals surface area contributed by atoms with E-state index in [0.29, 0.717) is 6.61 Å². The van der Waals surface area contributed by atoms with Gasteiger partial charge in [0.2, 0.25) is 0 Å². The number of ether oxygens (including phenoxy) is 1. The molecule has 0 saturated carbocycles. The van der Waals surface area contributed by atoms with Gasteiger partial charge in [0.05, 0.1) is 6.61 Å². The first-order valence-electron chi connectivity index (χ1n) is 4.95. The highest BCUT2D eigenvalue weighted by atomic mass is 19.1. The lowest BCUT2D eigenvalue weighted by Gasteiger charge is -2.12. The molecule has 88 valence electrons. The van der Waals surface area contributed by atoms with E-state index in [1.807, 2.05) is 0 Å². The zero-order valence-electron chi connectivity index (χ0n) is 9.58. The number of halogens is 1. The van der Waals surface area contributed by atoms with Crippen molar-refractivity contribution < 1.29 is 13.9 Å². The molecule has 0 saturated heterocycles. The number of hydrogen-bond donors (Lipinski definition) is 1. The van der Waals surface area contributed by atoms with Gasteiger partial charge in [-0.2, -0.15) is 0 Å². The Labute approximate surface area is 94.0 Å². The third-order valence-electron chi connectivity index (χ3n) is 1.82. The molecule has 0 aliphatic rings. The third-order valence-corrected chi connectivity index (χ3v) is 1.82. The Hall–Kier alpha value is -1.62. The topological polar surface area (TPSA) is 41.6 Å². The van der Waals surface area contributed by atoms with E-state index >= 15 is 0 Å². The molecule has 0 aromatic heterocycles. The summed E-state index contributed by atoms with van der Waals surface area (Å²) in [5.41, 5.74) is 2.78. The van der Waals surface area contributed by atoms with Gasteiger partial charge in [-0.15, -0.1) is 0 Å². The van der Waals surface area contributed by atoms with Crippen LogP contribution >= 0.6 is 0 Å². The van der Waals surface area contributed by atoms with Crippen molar-refractivity contribution in [1.29, 1.82) is 0 Å². The monoisotopic (exact) mass is 226 g/mol. The SMILES string of the molecule is CCOc1ccc(C(=O)NN(C)C)cc1F. The summed E-state index contributed by atoms with van der Waals surface area (Å²) in [7, 11) is 3.37. The lowest BCUT2D eigenvalue weighted by molar-refractivity contribution is 0.0856. The van der Waals surface area contributed by atoms with E-state index < -0.39 is 5.82 Å². The minimum Gasteiger partial charge on any atom is -0.491 e. The van der Waals surface area contributed by atoms with Crippen LogP contribution in [0, 0.1) is 5.82 Å². The molecule has 16 heavy (non-hydrogen) atoms. The molecule has 0 bridgehead atoms. The summed E-state index contributed by atoms with van der Waals surface area (Å²) in [4.78, 5) is 11.5. The van der Waals surface area contributed by atoms with Crippen molar-refractivity contribution in [2.45, 2.75) is 6.92 Å². The van der Waals surface area contributed by atoms with E-state index in [0.717, 1.165) is 6.07 Å². The number of nitrogens with zero attached hydrogens (tertiary/aromatic N) is 1. The molecule has 1 amide bonds. The molecule has 1 rings (SSSR count). The fraction of sp³-hybridized carbons (Fsp3) is 0.364. The second-order valence-electron chi connectivity index (χ2n) is 3.41. The average Bonchev–Trinajstić information content (AvgIpc) is 2.20. The minimum atomic E-state index is -0.534. The van der Waals surface area contributed by atoms with Gasteiger partial charge >= 0.3 is 0 Å². The molecule has 0 heterocycles. The van der Waals surface area contributed by atoms with E-state index in [4.69, 9.17) is 4.74 Å².